The molecule has 3 aliphatic rings. The highest BCUT2D eigenvalue weighted by Crippen LogP contribution is 2.39. The standard InChI is InChI=1S/C15H28N2O2/c1-17(14-4-2-3-12(14)11-16)13-5-7-15(8-6-13)18-9-10-19-15/h12-14H,2-11,16H2,1H3. The van der Waals surface area contributed by atoms with Crippen molar-refractivity contribution in [2.24, 2.45) is 11.7 Å². The lowest BCUT2D eigenvalue weighted by atomic mass is 9.87. The van der Waals surface area contributed by atoms with Crippen molar-refractivity contribution in [1.82, 2.24) is 4.90 Å². The summed E-state index contributed by atoms with van der Waals surface area (Å²) in [5, 5.41) is 0. The second-order valence-corrected chi connectivity index (χ2v) is 6.50. The highest BCUT2D eigenvalue weighted by atomic mass is 16.7. The molecule has 2 N–H and O–H groups in total. The van der Waals surface area contributed by atoms with Crippen LogP contribution >= 0.6 is 0 Å². The van der Waals surface area contributed by atoms with E-state index in [0.29, 0.717) is 18.0 Å². The molecule has 0 aromatic carbocycles. The fraction of sp³-hybridized carbons (Fsp3) is 1.00. The summed E-state index contributed by atoms with van der Waals surface area (Å²) >= 11 is 0. The van der Waals surface area contributed by atoms with Crippen LogP contribution in [0.1, 0.15) is 44.9 Å². The van der Waals surface area contributed by atoms with Gasteiger partial charge in [0, 0.05) is 24.9 Å². The third-order valence-electron chi connectivity index (χ3n) is 5.55. The molecule has 2 unspecified atom stereocenters. The zero-order valence-corrected chi connectivity index (χ0v) is 12.1. The van der Waals surface area contributed by atoms with Crippen LogP contribution in [0.15, 0.2) is 0 Å². The lowest BCUT2D eigenvalue weighted by Gasteiger charge is -2.42. The zero-order valence-electron chi connectivity index (χ0n) is 12.1. The molecule has 1 spiro atoms. The lowest BCUT2D eigenvalue weighted by Crippen LogP contribution is -2.48. The summed E-state index contributed by atoms with van der Waals surface area (Å²) < 4.78 is 11.6. The van der Waals surface area contributed by atoms with Gasteiger partial charge in [-0.15, -0.1) is 0 Å². The predicted octanol–water partition coefficient (Wildman–Crippen LogP) is 1.73. The molecule has 0 bridgehead atoms. The second kappa shape index (κ2) is 5.68. The van der Waals surface area contributed by atoms with E-state index in [1.54, 1.807) is 0 Å². The predicted molar refractivity (Wildman–Crippen MR) is 74.8 cm³/mol. The van der Waals surface area contributed by atoms with Gasteiger partial charge >= 0.3 is 0 Å². The van der Waals surface area contributed by atoms with Crippen LogP contribution in [0.4, 0.5) is 0 Å². The normalized spacial score (nSPS) is 35.5. The number of nitrogens with zero attached hydrogens (tertiary/aromatic N) is 1. The SMILES string of the molecule is CN(C1CCC2(CC1)OCCO2)C1CCCC1CN. The highest BCUT2D eigenvalue weighted by Gasteiger charge is 2.42. The average molecular weight is 268 g/mol. The quantitative estimate of drug-likeness (QED) is 0.847. The zero-order chi connectivity index (χ0) is 13.3. The highest BCUT2D eigenvalue weighted by molar-refractivity contribution is 4.91. The van der Waals surface area contributed by atoms with Gasteiger partial charge in [-0.05, 0) is 45.2 Å². The molecule has 2 saturated carbocycles. The fourth-order valence-electron chi connectivity index (χ4n) is 4.33. The Balaban J connectivity index is 1.55. The van der Waals surface area contributed by atoms with Gasteiger partial charge in [-0.25, -0.2) is 0 Å². The van der Waals surface area contributed by atoms with Gasteiger partial charge in [0.15, 0.2) is 5.79 Å². The molecule has 3 rings (SSSR count). The molecule has 2 atom stereocenters. The van der Waals surface area contributed by atoms with Crippen LogP contribution in [-0.4, -0.2) is 49.6 Å². The summed E-state index contributed by atoms with van der Waals surface area (Å²) in [6.07, 6.45) is 8.50. The molecule has 0 aromatic heterocycles. The van der Waals surface area contributed by atoms with Crippen LogP contribution in [0.2, 0.25) is 0 Å². The van der Waals surface area contributed by atoms with E-state index in [0.717, 1.165) is 32.6 Å². The molecular formula is C15H28N2O2. The van der Waals surface area contributed by atoms with Gasteiger partial charge < -0.3 is 20.1 Å². The molecule has 4 heteroatoms. The molecule has 4 nitrogen and oxygen atoms in total. The third-order valence-corrected chi connectivity index (χ3v) is 5.55. The van der Waals surface area contributed by atoms with Gasteiger partial charge in [0.2, 0.25) is 0 Å². The molecule has 0 aromatic rings. The maximum atomic E-state index is 5.92. The largest absolute Gasteiger partial charge is 0.348 e. The maximum absolute atomic E-state index is 5.92. The Bertz CT molecular complexity index is 295. The van der Waals surface area contributed by atoms with Crippen molar-refractivity contribution in [3.05, 3.63) is 0 Å². The second-order valence-electron chi connectivity index (χ2n) is 6.50. The minimum atomic E-state index is -0.222. The number of hydrogen-bond acceptors (Lipinski definition) is 4. The van der Waals surface area contributed by atoms with E-state index in [1.165, 1.54) is 32.1 Å². The van der Waals surface area contributed by atoms with E-state index < -0.39 is 0 Å². The van der Waals surface area contributed by atoms with Gasteiger partial charge in [-0.2, -0.15) is 0 Å². The van der Waals surface area contributed by atoms with Gasteiger partial charge in [0.1, 0.15) is 0 Å². The molecule has 0 amide bonds. The van der Waals surface area contributed by atoms with Crippen LogP contribution in [-0.2, 0) is 9.47 Å². The molecule has 110 valence electrons. The summed E-state index contributed by atoms with van der Waals surface area (Å²) in [5.41, 5.74) is 5.92. The Kier molecular flexibility index (Phi) is 4.13. The van der Waals surface area contributed by atoms with Crippen molar-refractivity contribution in [2.75, 3.05) is 26.8 Å². The van der Waals surface area contributed by atoms with Crippen molar-refractivity contribution in [2.45, 2.75) is 62.8 Å². The first-order valence-electron chi connectivity index (χ1n) is 7.94. The van der Waals surface area contributed by atoms with Crippen LogP contribution in [0.3, 0.4) is 0 Å². The molecule has 1 saturated heterocycles. The van der Waals surface area contributed by atoms with Crippen molar-refractivity contribution in [3.8, 4) is 0 Å². The van der Waals surface area contributed by atoms with E-state index in [1.807, 2.05) is 0 Å². The topological polar surface area (TPSA) is 47.7 Å². The minimum Gasteiger partial charge on any atom is -0.348 e. The fourth-order valence-corrected chi connectivity index (χ4v) is 4.33. The Morgan fingerprint density at radius 3 is 2.42 bits per heavy atom. The Labute approximate surface area is 116 Å². The van der Waals surface area contributed by atoms with Crippen molar-refractivity contribution < 1.29 is 9.47 Å². The van der Waals surface area contributed by atoms with Gasteiger partial charge in [0.05, 0.1) is 13.2 Å². The first kappa shape index (κ1) is 13.8. The molecule has 2 aliphatic carbocycles. The number of hydrogen-bond donors (Lipinski definition) is 1. The van der Waals surface area contributed by atoms with Gasteiger partial charge in [-0.3, -0.25) is 0 Å². The van der Waals surface area contributed by atoms with Gasteiger partial charge in [-0.1, -0.05) is 6.42 Å². The third kappa shape index (κ3) is 2.68. The van der Waals surface area contributed by atoms with Crippen molar-refractivity contribution in [1.29, 1.82) is 0 Å². The van der Waals surface area contributed by atoms with Crippen LogP contribution in [0, 0.1) is 5.92 Å². The molecule has 1 aliphatic heterocycles. The Hall–Kier alpha value is -0.160. The monoisotopic (exact) mass is 268 g/mol. The average Bonchev–Trinajstić information content (AvgIpc) is 3.08. The van der Waals surface area contributed by atoms with E-state index in [2.05, 4.69) is 11.9 Å². The molecule has 0 radical (unpaired) electrons. The summed E-state index contributed by atoms with van der Waals surface area (Å²) in [4.78, 5) is 2.62. The van der Waals surface area contributed by atoms with E-state index in [4.69, 9.17) is 15.2 Å². The van der Waals surface area contributed by atoms with E-state index in [9.17, 15) is 0 Å². The lowest BCUT2D eigenvalue weighted by molar-refractivity contribution is -0.184. The molecular weight excluding hydrogens is 240 g/mol. The maximum Gasteiger partial charge on any atom is 0.168 e. The summed E-state index contributed by atoms with van der Waals surface area (Å²) in [6, 6.07) is 1.39. The molecule has 19 heavy (non-hydrogen) atoms. The van der Waals surface area contributed by atoms with E-state index in [-0.39, 0.29) is 5.79 Å². The van der Waals surface area contributed by atoms with Crippen molar-refractivity contribution in [3.63, 3.8) is 0 Å². The smallest absolute Gasteiger partial charge is 0.168 e. The molecule has 1 heterocycles. The minimum absolute atomic E-state index is 0.222. The number of nitrogens with two attached hydrogens (primary N) is 1. The van der Waals surface area contributed by atoms with E-state index >= 15 is 0 Å². The number of ether oxygens (including phenoxy) is 2. The van der Waals surface area contributed by atoms with Crippen LogP contribution in [0.25, 0.3) is 0 Å². The summed E-state index contributed by atoms with van der Waals surface area (Å²) in [6.45, 7) is 2.40. The first-order valence-corrected chi connectivity index (χ1v) is 7.94. The van der Waals surface area contributed by atoms with Crippen LogP contribution in [0.5, 0.6) is 0 Å². The Morgan fingerprint density at radius 1 is 1.11 bits per heavy atom. The molecule has 3 fully saturated rings. The van der Waals surface area contributed by atoms with Gasteiger partial charge in [0.25, 0.3) is 0 Å². The van der Waals surface area contributed by atoms with Crippen LogP contribution < -0.4 is 5.73 Å². The first-order chi connectivity index (χ1) is 9.24. The Morgan fingerprint density at radius 2 is 1.79 bits per heavy atom. The van der Waals surface area contributed by atoms with Crippen molar-refractivity contribution >= 4 is 0 Å². The summed E-state index contributed by atoms with van der Waals surface area (Å²) in [5.74, 6) is 0.486. The summed E-state index contributed by atoms with van der Waals surface area (Å²) in [7, 11) is 2.30. The number of rotatable bonds is 3.